The number of thioether (sulfide) groups is 1. The maximum atomic E-state index is 9.34. The normalized spacial score (nSPS) is 12.7. The molecule has 0 bridgehead atoms. The third-order valence-corrected chi connectivity index (χ3v) is 3.87. The summed E-state index contributed by atoms with van der Waals surface area (Å²) in [5.74, 6) is 0.468. The van der Waals surface area contributed by atoms with Crippen LogP contribution in [0.3, 0.4) is 0 Å². The molecule has 0 spiro atoms. The van der Waals surface area contributed by atoms with Gasteiger partial charge in [0.25, 0.3) is 0 Å². The SMILES string of the molecule is CCNCc1c(Cl)cccc1SCC(O)CO. The molecule has 0 heterocycles. The highest BCUT2D eigenvalue weighted by Crippen LogP contribution is 2.28. The molecule has 1 aromatic carbocycles. The summed E-state index contributed by atoms with van der Waals surface area (Å²) in [5.41, 5.74) is 1.05. The van der Waals surface area contributed by atoms with Gasteiger partial charge in [0, 0.05) is 22.2 Å². The number of halogens is 1. The maximum Gasteiger partial charge on any atom is 0.0864 e. The standard InChI is InChI=1S/C12H18ClNO2S/c1-2-14-6-10-11(13)4-3-5-12(10)17-8-9(16)7-15/h3-5,9,14-16H,2,6-8H2,1H3. The lowest BCUT2D eigenvalue weighted by Crippen LogP contribution is -2.16. The predicted octanol–water partition coefficient (Wildman–Crippen LogP) is 1.89. The Kier molecular flexibility index (Phi) is 6.92. The predicted molar refractivity (Wildman–Crippen MR) is 72.6 cm³/mol. The molecule has 3 N–H and O–H groups in total. The molecule has 1 atom stereocenters. The van der Waals surface area contributed by atoms with Gasteiger partial charge in [-0.1, -0.05) is 24.6 Å². The largest absolute Gasteiger partial charge is 0.394 e. The number of aliphatic hydroxyl groups excluding tert-OH is 2. The fourth-order valence-corrected chi connectivity index (χ4v) is 2.64. The van der Waals surface area contributed by atoms with Crippen molar-refractivity contribution in [1.29, 1.82) is 0 Å². The monoisotopic (exact) mass is 275 g/mol. The van der Waals surface area contributed by atoms with Crippen LogP contribution in [0.1, 0.15) is 12.5 Å². The molecule has 0 fully saturated rings. The topological polar surface area (TPSA) is 52.5 Å². The summed E-state index contributed by atoms with van der Waals surface area (Å²) in [4.78, 5) is 1.05. The molecule has 96 valence electrons. The smallest absolute Gasteiger partial charge is 0.0864 e. The van der Waals surface area contributed by atoms with Crippen molar-refractivity contribution in [3.05, 3.63) is 28.8 Å². The number of hydrogen-bond donors (Lipinski definition) is 3. The Bertz CT molecular complexity index is 349. The molecular weight excluding hydrogens is 258 g/mol. The lowest BCUT2D eigenvalue weighted by atomic mass is 10.2. The maximum absolute atomic E-state index is 9.34. The van der Waals surface area contributed by atoms with E-state index in [-0.39, 0.29) is 6.61 Å². The summed E-state index contributed by atoms with van der Waals surface area (Å²) in [7, 11) is 0. The lowest BCUT2D eigenvalue weighted by Gasteiger charge is -2.13. The summed E-state index contributed by atoms with van der Waals surface area (Å²) >= 11 is 7.66. The second-order valence-corrected chi connectivity index (χ2v) is 5.11. The first-order chi connectivity index (χ1) is 8.19. The number of nitrogens with one attached hydrogen (secondary N) is 1. The molecule has 5 heteroatoms. The van der Waals surface area contributed by atoms with Gasteiger partial charge in [0.1, 0.15) is 0 Å². The first kappa shape index (κ1) is 14.8. The second kappa shape index (κ2) is 7.95. The molecule has 3 nitrogen and oxygen atoms in total. The summed E-state index contributed by atoms with van der Waals surface area (Å²) in [5, 5.41) is 22.1. The molecule has 0 saturated heterocycles. The lowest BCUT2D eigenvalue weighted by molar-refractivity contribution is 0.113. The van der Waals surface area contributed by atoms with Crippen molar-refractivity contribution in [2.45, 2.75) is 24.5 Å². The average Bonchev–Trinajstić information content (AvgIpc) is 2.34. The Morgan fingerprint density at radius 2 is 2.24 bits per heavy atom. The van der Waals surface area contributed by atoms with Crippen molar-refractivity contribution in [2.24, 2.45) is 0 Å². The molecule has 0 aliphatic rings. The summed E-state index contributed by atoms with van der Waals surface area (Å²) in [6, 6.07) is 5.74. The molecule has 0 aliphatic heterocycles. The number of hydrogen-bond acceptors (Lipinski definition) is 4. The van der Waals surface area contributed by atoms with Crippen LogP contribution in [0, 0.1) is 0 Å². The minimum Gasteiger partial charge on any atom is -0.394 e. The van der Waals surface area contributed by atoms with Crippen molar-refractivity contribution in [3.8, 4) is 0 Å². The molecule has 17 heavy (non-hydrogen) atoms. The van der Waals surface area contributed by atoms with Crippen molar-refractivity contribution in [3.63, 3.8) is 0 Å². The van der Waals surface area contributed by atoms with E-state index in [4.69, 9.17) is 16.7 Å². The number of rotatable bonds is 7. The van der Waals surface area contributed by atoms with E-state index in [1.54, 1.807) is 0 Å². The van der Waals surface area contributed by atoms with Crippen LogP contribution in [-0.2, 0) is 6.54 Å². The first-order valence-electron chi connectivity index (χ1n) is 5.58. The molecule has 0 aromatic heterocycles. The zero-order valence-electron chi connectivity index (χ0n) is 9.82. The molecule has 1 aromatic rings. The van der Waals surface area contributed by atoms with Crippen LogP contribution >= 0.6 is 23.4 Å². The van der Waals surface area contributed by atoms with Gasteiger partial charge in [-0.15, -0.1) is 11.8 Å². The fourth-order valence-electron chi connectivity index (χ4n) is 1.33. The summed E-state index contributed by atoms with van der Waals surface area (Å²) in [6.45, 7) is 3.43. The molecule has 0 amide bonds. The van der Waals surface area contributed by atoms with E-state index in [2.05, 4.69) is 5.32 Å². The highest BCUT2D eigenvalue weighted by Gasteiger charge is 2.09. The Hall–Kier alpha value is -0.260. The van der Waals surface area contributed by atoms with E-state index in [1.165, 1.54) is 11.8 Å². The highest BCUT2D eigenvalue weighted by molar-refractivity contribution is 7.99. The van der Waals surface area contributed by atoms with Crippen LogP contribution in [0.25, 0.3) is 0 Å². The van der Waals surface area contributed by atoms with E-state index in [9.17, 15) is 5.11 Å². The second-order valence-electron chi connectivity index (χ2n) is 3.64. The Morgan fingerprint density at radius 1 is 1.47 bits per heavy atom. The van der Waals surface area contributed by atoms with E-state index in [0.29, 0.717) is 12.3 Å². The summed E-state index contributed by atoms with van der Waals surface area (Å²) < 4.78 is 0. The van der Waals surface area contributed by atoms with Crippen molar-refractivity contribution in [2.75, 3.05) is 18.9 Å². The quantitative estimate of drug-likeness (QED) is 0.666. The zero-order valence-corrected chi connectivity index (χ0v) is 11.4. The van der Waals surface area contributed by atoms with Crippen molar-refractivity contribution >= 4 is 23.4 Å². The van der Waals surface area contributed by atoms with Gasteiger partial charge < -0.3 is 15.5 Å². The van der Waals surface area contributed by atoms with Crippen LogP contribution in [0.2, 0.25) is 5.02 Å². The molecule has 0 radical (unpaired) electrons. The first-order valence-corrected chi connectivity index (χ1v) is 6.95. The molecule has 0 saturated carbocycles. The fraction of sp³-hybridized carbons (Fsp3) is 0.500. The van der Waals surface area contributed by atoms with E-state index in [1.807, 2.05) is 25.1 Å². The minimum absolute atomic E-state index is 0.212. The number of aliphatic hydroxyl groups is 2. The van der Waals surface area contributed by atoms with Gasteiger partial charge in [0.05, 0.1) is 12.7 Å². The number of benzene rings is 1. The van der Waals surface area contributed by atoms with Gasteiger partial charge in [-0.3, -0.25) is 0 Å². The zero-order chi connectivity index (χ0) is 12.7. The Balaban J connectivity index is 2.72. The van der Waals surface area contributed by atoms with Crippen LogP contribution in [0.15, 0.2) is 23.1 Å². The Labute approximate surface area is 111 Å². The molecule has 0 aliphatic carbocycles. The Morgan fingerprint density at radius 3 is 2.88 bits per heavy atom. The van der Waals surface area contributed by atoms with Crippen molar-refractivity contribution < 1.29 is 10.2 Å². The molecular formula is C12H18ClNO2S. The van der Waals surface area contributed by atoms with Crippen LogP contribution in [0.5, 0.6) is 0 Å². The van der Waals surface area contributed by atoms with E-state index >= 15 is 0 Å². The minimum atomic E-state index is -0.689. The van der Waals surface area contributed by atoms with E-state index < -0.39 is 6.10 Å². The van der Waals surface area contributed by atoms with Gasteiger partial charge in [-0.25, -0.2) is 0 Å². The molecule has 1 rings (SSSR count). The van der Waals surface area contributed by atoms with Crippen LogP contribution in [-0.4, -0.2) is 35.2 Å². The third kappa shape index (κ3) is 4.85. The van der Waals surface area contributed by atoms with Gasteiger partial charge in [-0.05, 0) is 24.2 Å². The third-order valence-electron chi connectivity index (χ3n) is 2.27. The highest BCUT2D eigenvalue weighted by atomic mass is 35.5. The molecule has 1 unspecified atom stereocenters. The van der Waals surface area contributed by atoms with Crippen molar-refractivity contribution in [1.82, 2.24) is 5.32 Å². The summed E-state index contributed by atoms with van der Waals surface area (Å²) in [6.07, 6.45) is -0.689. The van der Waals surface area contributed by atoms with Crippen LogP contribution in [0.4, 0.5) is 0 Å². The van der Waals surface area contributed by atoms with Gasteiger partial charge in [-0.2, -0.15) is 0 Å². The van der Waals surface area contributed by atoms with Gasteiger partial charge >= 0.3 is 0 Å². The van der Waals surface area contributed by atoms with Crippen LogP contribution < -0.4 is 5.32 Å². The van der Waals surface area contributed by atoms with Gasteiger partial charge in [0.2, 0.25) is 0 Å². The van der Waals surface area contributed by atoms with Gasteiger partial charge in [0.15, 0.2) is 0 Å². The van der Waals surface area contributed by atoms with E-state index in [0.717, 1.165) is 22.0 Å². The average molecular weight is 276 g/mol.